The molecule has 18 heavy (non-hydrogen) atoms. The Labute approximate surface area is 104 Å². The molecule has 4 nitrogen and oxygen atoms in total. The van der Waals surface area contributed by atoms with E-state index in [4.69, 9.17) is 0 Å². The number of aryl methyl sites for hydroxylation is 2. The second-order valence-electron chi connectivity index (χ2n) is 4.35. The van der Waals surface area contributed by atoms with Crippen LogP contribution < -0.4 is 5.56 Å². The van der Waals surface area contributed by atoms with Crippen LogP contribution in [0.5, 0.6) is 0 Å². The number of fused-ring (bicyclic) bond motifs is 1. The van der Waals surface area contributed by atoms with Gasteiger partial charge in [0.15, 0.2) is 0 Å². The molecule has 89 valence electrons. The Balaban J connectivity index is 2.24. The lowest BCUT2D eigenvalue weighted by Crippen LogP contribution is -2.15. The normalized spacial score (nSPS) is 11.0. The van der Waals surface area contributed by atoms with Crippen molar-refractivity contribution in [2.45, 2.75) is 0 Å². The number of rotatable bonds is 1. The molecule has 0 N–H and O–H groups in total. The lowest BCUT2D eigenvalue weighted by Gasteiger charge is -2.03. The van der Waals surface area contributed by atoms with Crippen LogP contribution in [-0.4, -0.2) is 14.3 Å². The van der Waals surface area contributed by atoms with Crippen molar-refractivity contribution in [3.63, 3.8) is 0 Å². The third-order valence-electron chi connectivity index (χ3n) is 3.02. The Morgan fingerprint density at radius 2 is 2.06 bits per heavy atom. The summed E-state index contributed by atoms with van der Waals surface area (Å²) in [6, 6.07) is 8.86. The van der Waals surface area contributed by atoms with Crippen molar-refractivity contribution in [2.75, 3.05) is 0 Å². The highest BCUT2D eigenvalue weighted by Gasteiger charge is 2.04. The van der Waals surface area contributed by atoms with Crippen molar-refractivity contribution in [2.24, 2.45) is 14.1 Å². The van der Waals surface area contributed by atoms with E-state index < -0.39 is 0 Å². The first-order chi connectivity index (χ1) is 8.65. The van der Waals surface area contributed by atoms with Gasteiger partial charge in [0.2, 0.25) is 0 Å². The third kappa shape index (κ3) is 1.62. The topological polar surface area (TPSA) is 39.8 Å². The molecule has 0 atom stereocenters. The molecule has 0 aliphatic heterocycles. The van der Waals surface area contributed by atoms with Gasteiger partial charge < -0.3 is 4.57 Å². The fourth-order valence-corrected chi connectivity index (χ4v) is 2.02. The summed E-state index contributed by atoms with van der Waals surface area (Å²) >= 11 is 0. The number of pyridine rings is 1. The van der Waals surface area contributed by atoms with Crippen molar-refractivity contribution < 1.29 is 0 Å². The van der Waals surface area contributed by atoms with Crippen LogP contribution in [0.4, 0.5) is 0 Å². The van der Waals surface area contributed by atoms with Gasteiger partial charge in [-0.25, -0.2) is 0 Å². The molecule has 0 spiro atoms. The minimum Gasteiger partial charge on any atom is -0.317 e. The van der Waals surface area contributed by atoms with Crippen molar-refractivity contribution in [1.82, 2.24) is 14.3 Å². The van der Waals surface area contributed by atoms with Crippen LogP contribution in [0, 0.1) is 6.07 Å². The summed E-state index contributed by atoms with van der Waals surface area (Å²) in [6.07, 6.45) is 5.42. The van der Waals surface area contributed by atoms with Gasteiger partial charge in [-0.3, -0.25) is 9.48 Å². The van der Waals surface area contributed by atoms with E-state index in [1.54, 1.807) is 17.9 Å². The number of aromatic nitrogens is 3. The molecule has 0 amide bonds. The molecule has 1 radical (unpaired) electrons. The minimum absolute atomic E-state index is 0.00138. The second-order valence-corrected chi connectivity index (χ2v) is 4.35. The maximum atomic E-state index is 11.9. The van der Waals surface area contributed by atoms with Gasteiger partial charge in [0.05, 0.1) is 6.20 Å². The number of hydrogen-bond donors (Lipinski definition) is 0. The van der Waals surface area contributed by atoms with Crippen LogP contribution >= 0.6 is 0 Å². The maximum absolute atomic E-state index is 11.9. The summed E-state index contributed by atoms with van der Waals surface area (Å²) in [7, 11) is 3.61. The summed E-state index contributed by atoms with van der Waals surface area (Å²) in [5.41, 5.74) is 2.08. The predicted molar refractivity (Wildman–Crippen MR) is 70.2 cm³/mol. The molecule has 0 unspecified atom stereocenters. The predicted octanol–water partition coefficient (Wildman–Crippen LogP) is 1.74. The molecular formula is C14H12N3O. The van der Waals surface area contributed by atoms with Gasteiger partial charge >= 0.3 is 0 Å². The van der Waals surface area contributed by atoms with Gasteiger partial charge in [0, 0.05) is 43.5 Å². The Hall–Kier alpha value is -2.36. The molecule has 4 heteroatoms. The second kappa shape index (κ2) is 3.84. The average molecular weight is 238 g/mol. The molecule has 2 aromatic heterocycles. The van der Waals surface area contributed by atoms with Gasteiger partial charge in [-0.2, -0.15) is 5.10 Å². The van der Waals surface area contributed by atoms with Crippen LogP contribution in [0.1, 0.15) is 0 Å². The molecule has 0 fully saturated rings. The molecule has 0 aliphatic rings. The molecule has 3 rings (SSSR count). The van der Waals surface area contributed by atoms with Crippen LogP contribution in [0.25, 0.3) is 21.9 Å². The molecule has 0 saturated heterocycles. The average Bonchev–Trinajstić information content (AvgIpc) is 2.80. The molecule has 0 saturated carbocycles. The molecule has 0 bridgehead atoms. The van der Waals surface area contributed by atoms with E-state index in [0.717, 1.165) is 16.5 Å². The van der Waals surface area contributed by atoms with Gasteiger partial charge in [-0.1, -0.05) is 6.07 Å². The third-order valence-corrected chi connectivity index (χ3v) is 3.02. The van der Waals surface area contributed by atoms with Crippen molar-refractivity contribution in [3.8, 4) is 11.1 Å². The molecule has 0 aliphatic carbocycles. The quantitative estimate of drug-likeness (QED) is 0.648. The fourth-order valence-electron chi connectivity index (χ4n) is 2.02. The summed E-state index contributed by atoms with van der Waals surface area (Å²) in [6.45, 7) is 0. The molecular weight excluding hydrogens is 226 g/mol. The van der Waals surface area contributed by atoms with Crippen molar-refractivity contribution in [3.05, 3.63) is 53.2 Å². The summed E-state index contributed by atoms with van der Waals surface area (Å²) in [5.74, 6) is 0. The lowest BCUT2D eigenvalue weighted by atomic mass is 10.1. The Morgan fingerprint density at radius 1 is 1.22 bits per heavy atom. The van der Waals surface area contributed by atoms with E-state index in [1.807, 2.05) is 37.6 Å². The summed E-state index contributed by atoms with van der Waals surface area (Å²) in [4.78, 5) is 11.9. The summed E-state index contributed by atoms with van der Waals surface area (Å²) in [5, 5.41) is 5.67. The fraction of sp³-hybridized carbons (Fsp3) is 0.143. The first-order valence-electron chi connectivity index (χ1n) is 5.65. The van der Waals surface area contributed by atoms with Crippen molar-refractivity contribution >= 4 is 10.8 Å². The van der Waals surface area contributed by atoms with Gasteiger partial charge in [-0.15, -0.1) is 0 Å². The largest absolute Gasteiger partial charge is 0.317 e. The Kier molecular flexibility index (Phi) is 2.30. The van der Waals surface area contributed by atoms with E-state index >= 15 is 0 Å². The monoisotopic (exact) mass is 238 g/mol. The minimum atomic E-state index is 0.00138. The zero-order chi connectivity index (χ0) is 12.7. The SMILES string of the molecule is Cn1cc(-c2ccc3c(=O)n(C)c[c]c3c2)cn1. The van der Waals surface area contributed by atoms with E-state index in [-0.39, 0.29) is 5.56 Å². The zero-order valence-electron chi connectivity index (χ0n) is 10.2. The lowest BCUT2D eigenvalue weighted by molar-refractivity contribution is 0.768. The highest BCUT2D eigenvalue weighted by molar-refractivity contribution is 5.85. The van der Waals surface area contributed by atoms with E-state index in [0.29, 0.717) is 5.39 Å². The first-order valence-corrected chi connectivity index (χ1v) is 5.65. The van der Waals surface area contributed by atoms with E-state index in [1.165, 1.54) is 4.57 Å². The summed E-state index contributed by atoms with van der Waals surface area (Å²) < 4.78 is 3.29. The highest BCUT2D eigenvalue weighted by Crippen LogP contribution is 2.21. The van der Waals surface area contributed by atoms with Crippen LogP contribution in [0.15, 0.2) is 41.6 Å². The smallest absolute Gasteiger partial charge is 0.258 e. The van der Waals surface area contributed by atoms with Crippen LogP contribution in [0.2, 0.25) is 0 Å². The van der Waals surface area contributed by atoms with Gasteiger partial charge in [0.1, 0.15) is 0 Å². The molecule has 3 aromatic rings. The van der Waals surface area contributed by atoms with Crippen LogP contribution in [0.3, 0.4) is 0 Å². The maximum Gasteiger partial charge on any atom is 0.258 e. The Bertz CT molecular complexity index is 783. The first kappa shape index (κ1) is 10.8. The van der Waals surface area contributed by atoms with E-state index in [9.17, 15) is 4.79 Å². The van der Waals surface area contributed by atoms with Crippen molar-refractivity contribution in [1.29, 1.82) is 0 Å². The molecule has 2 heterocycles. The Morgan fingerprint density at radius 3 is 2.78 bits per heavy atom. The van der Waals surface area contributed by atoms with Gasteiger partial charge in [-0.05, 0) is 23.1 Å². The van der Waals surface area contributed by atoms with E-state index in [2.05, 4.69) is 11.2 Å². The van der Waals surface area contributed by atoms with Gasteiger partial charge in [0.25, 0.3) is 5.56 Å². The number of nitrogens with zero attached hydrogens (tertiary/aromatic N) is 3. The standard InChI is InChI=1S/C14H12N3O/c1-16-6-5-11-7-10(3-4-13(11)14(16)18)12-8-15-17(2)9-12/h3-4,6-9H,1-2H3. The number of hydrogen-bond acceptors (Lipinski definition) is 2. The van der Waals surface area contributed by atoms with Crippen LogP contribution in [-0.2, 0) is 14.1 Å². The number of benzene rings is 1. The molecule has 1 aromatic carbocycles. The zero-order valence-corrected chi connectivity index (χ0v) is 10.2. The highest BCUT2D eigenvalue weighted by atomic mass is 16.1.